The molecule has 0 aliphatic carbocycles. The minimum atomic E-state index is 0.590. The van der Waals surface area contributed by atoms with Crippen molar-refractivity contribution in [3.8, 4) is 0 Å². The van der Waals surface area contributed by atoms with Gasteiger partial charge in [-0.3, -0.25) is 0 Å². The van der Waals surface area contributed by atoms with Gasteiger partial charge in [-0.1, -0.05) is 43.1 Å². The summed E-state index contributed by atoms with van der Waals surface area (Å²) in [6.07, 6.45) is 2.39. The Labute approximate surface area is 110 Å². The molecule has 0 spiro atoms. The third-order valence-corrected chi connectivity index (χ3v) is 3.37. The van der Waals surface area contributed by atoms with Gasteiger partial charge < -0.3 is 10.6 Å². The fourth-order valence-corrected chi connectivity index (χ4v) is 2.31. The summed E-state index contributed by atoms with van der Waals surface area (Å²) in [7, 11) is 2.13. The van der Waals surface area contributed by atoms with Gasteiger partial charge >= 0.3 is 0 Å². The largest absolute Gasteiger partial charge is 0.330 e. The van der Waals surface area contributed by atoms with Crippen molar-refractivity contribution in [2.45, 2.75) is 26.3 Å². The number of hydrogen-bond acceptors (Lipinski definition) is 2. The Morgan fingerprint density at radius 2 is 2.06 bits per heavy atom. The summed E-state index contributed by atoms with van der Waals surface area (Å²) in [6, 6.07) is 8.01. The van der Waals surface area contributed by atoms with Crippen molar-refractivity contribution < 1.29 is 0 Å². The summed E-state index contributed by atoms with van der Waals surface area (Å²) in [5.74, 6) is 0.590. The second-order valence-corrected chi connectivity index (χ2v) is 5.09. The first-order valence-electron chi connectivity index (χ1n) is 6.29. The SMILES string of the molecule is CCCC(CN)CN(C)Cc1ccccc1Cl. The van der Waals surface area contributed by atoms with E-state index in [0.717, 1.165) is 24.7 Å². The number of hydrogen-bond donors (Lipinski definition) is 1. The Morgan fingerprint density at radius 3 is 2.65 bits per heavy atom. The monoisotopic (exact) mass is 254 g/mol. The second kappa shape index (κ2) is 7.70. The van der Waals surface area contributed by atoms with E-state index in [0.29, 0.717) is 5.92 Å². The van der Waals surface area contributed by atoms with Crippen LogP contribution in [0, 0.1) is 5.92 Å². The molecule has 0 saturated carbocycles. The summed E-state index contributed by atoms with van der Waals surface area (Å²) < 4.78 is 0. The lowest BCUT2D eigenvalue weighted by Crippen LogP contribution is -2.29. The normalized spacial score (nSPS) is 13.0. The molecule has 0 heterocycles. The van der Waals surface area contributed by atoms with E-state index in [1.165, 1.54) is 18.4 Å². The van der Waals surface area contributed by atoms with Crippen molar-refractivity contribution in [2.24, 2.45) is 11.7 Å². The third kappa shape index (κ3) is 5.07. The van der Waals surface area contributed by atoms with Crippen LogP contribution in [0.4, 0.5) is 0 Å². The Kier molecular flexibility index (Phi) is 6.56. The quantitative estimate of drug-likeness (QED) is 0.810. The maximum atomic E-state index is 6.15. The number of benzene rings is 1. The molecule has 3 heteroatoms. The van der Waals surface area contributed by atoms with E-state index in [9.17, 15) is 0 Å². The van der Waals surface area contributed by atoms with Gasteiger partial charge in [-0.2, -0.15) is 0 Å². The molecule has 1 aromatic carbocycles. The zero-order valence-corrected chi connectivity index (χ0v) is 11.6. The van der Waals surface area contributed by atoms with Gasteiger partial charge in [0.05, 0.1) is 0 Å². The first kappa shape index (κ1) is 14.5. The molecule has 2 nitrogen and oxygen atoms in total. The lowest BCUT2D eigenvalue weighted by atomic mass is 10.0. The molecule has 0 amide bonds. The summed E-state index contributed by atoms with van der Waals surface area (Å²) in [6.45, 7) is 4.90. The van der Waals surface area contributed by atoms with Gasteiger partial charge in [-0.25, -0.2) is 0 Å². The number of rotatable bonds is 7. The smallest absolute Gasteiger partial charge is 0.0451 e. The van der Waals surface area contributed by atoms with Crippen LogP contribution in [-0.4, -0.2) is 25.0 Å². The molecule has 1 rings (SSSR count). The molecular weight excluding hydrogens is 232 g/mol. The molecular formula is C14H23ClN2. The van der Waals surface area contributed by atoms with Crippen molar-refractivity contribution in [1.29, 1.82) is 0 Å². The second-order valence-electron chi connectivity index (χ2n) is 4.68. The summed E-state index contributed by atoms with van der Waals surface area (Å²) in [4.78, 5) is 2.30. The fourth-order valence-electron chi connectivity index (χ4n) is 2.11. The van der Waals surface area contributed by atoms with Crippen LogP contribution in [-0.2, 0) is 6.54 Å². The van der Waals surface area contributed by atoms with Gasteiger partial charge in [0.1, 0.15) is 0 Å². The van der Waals surface area contributed by atoms with Crippen LogP contribution in [0.5, 0.6) is 0 Å². The predicted octanol–water partition coefficient (Wildman–Crippen LogP) is 3.15. The predicted molar refractivity (Wildman–Crippen MR) is 75.2 cm³/mol. The molecule has 1 aromatic rings. The third-order valence-electron chi connectivity index (χ3n) is 3.00. The van der Waals surface area contributed by atoms with Gasteiger partial charge in [-0.05, 0) is 37.6 Å². The molecule has 0 aromatic heterocycles. The molecule has 1 unspecified atom stereocenters. The number of nitrogens with zero attached hydrogens (tertiary/aromatic N) is 1. The zero-order valence-electron chi connectivity index (χ0n) is 10.8. The minimum Gasteiger partial charge on any atom is -0.330 e. The van der Waals surface area contributed by atoms with Crippen molar-refractivity contribution in [2.75, 3.05) is 20.1 Å². The van der Waals surface area contributed by atoms with E-state index >= 15 is 0 Å². The lowest BCUT2D eigenvalue weighted by Gasteiger charge is -2.23. The Balaban J connectivity index is 2.49. The first-order valence-corrected chi connectivity index (χ1v) is 6.67. The number of halogens is 1. The van der Waals surface area contributed by atoms with E-state index in [2.05, 4.69) is 24.9 Å². The van der Waals surface area contributed by atoms with Gasteiger partial charge in [0.25, 0.3) is 0 Å². The van der Waals surface area contributed by atoms with E-state index in [4.69, 9.17) is 17.3 Å². The average Bonchev–Trinajstić information content (AvgIpc) is 2.31. The van der Waals surface area contributed by atoms with Crippen LogP contribution in [0.1, 0.15) is 25.3 Å². The summed E-state index contributed by atoms with van der Waals surface area (Å²) >= 11 is 6.15. The van der Waals surface area contributed by atoms with Crippen molar-refractivity contribution in [3.63, 3.8) is 0 Å². The molecule has 0 aliphatic rings. The van der Waals surface area contributed by atoms with Crippen molar-refractivity contribution in [3.05, 3.63) is 34.9 Å². The molecule has 1 atom stereocenters. The van der Waals surface area contributed by atoms with Crippen LogP contribution in [0.15, 0.2) is 24.3 Å². The molecule has 0 fully saturated rings. The molecule has 0 radical (unpaired) electrons. The maximum Gasteiger partial charge on any atom is 0.0451 e. The molecule has 0 bridgehead atoms. The van der Waals surface area contributed by atoms with Crippen LogP contribution in [0.3, 0.4) is 0 Å². The van der Waals surface area contributed by atoms with Gasteiger partial charge in [0.2, 0.25) is 0 Å². The highest BCUT2D eigenvalue weighted by Gasteiger charge is 2.10. The first-order chi connectivity index (χ1) is 8.17. The Morgan fingerprint density at radius 1 is 1.35 bits per heavy atom. The molecule has 17 heavy (non-hydrogen) atoms. The average molecular weight is 255 g/mol. The highest BCUT2D eigenvalue weighted by atomic mass is 35.5. The molecule has 0 aliphatic heterocycles. The topological polar surface area (TPSA) is 29.3 Å². The van der Waals surface area contributed by atoms with Gasteiger partial charge in [-0.15, -0.1) is 0 Å². The number of nitrogens with two attached hydrogens (primary N) is 1. The maximum absolute atomic E-state index is 6.15. The minimum absolute atomic E-state index is 0.590. The Bertz CT molecular complexity index is 328. The molecule has 2 N–H and O–H groups in total. The van der Waals surface area contributed by atoms with Crippen LogP contribution in [0.25, 0.3) is 0 Å². The van der Waals surface area contributed by atoms with Crippen LogP contribution in [0.2, 0.25) is 5.02 Å². The van der Waals surface area contributed by atoms with E-state index < -0.39 is 0 Å². The van der Waals surface area contributed by atoms with Crippen molar-refractivity contribution in [1.82, 2.24) is 4.90 Å². The summed E-state index contributed by atoms with van der Waals surface area (Å²) in [5, 5.41) is 0.846. The van der Waals surface area contributed by atoms with E-state index in [1.54, 1.807) is 0 Å². The standard InChI is InChI=1S/C14H23ClN2/c1-3-6-12(9-16)10-17(2)11-13-7-4-5-8-14(13)15/h4-5,7-8,12H,3,6,9-11,16H2,1-2H3. The Hall–Kier alpha value is -0.570. The summed E-state index contributed by atoms with van der Waals surface area (Å²) in [5.41, 5.74) is 6.96. The van der Waals surface area contributed by atoms with Crippen molar-refractivity contribution >= 4 is 11.6 Å². The van der Waals surface area contributed by atoms with Gasteiger partial charge in [0.15, 0.2) is 0 Å². The van der Waals surface area contributed by atoms with Crippen LogP contribution < -0.4 is 5.73 Å². The molecule has 0 saturated heterocycles. The van der Waals surface area contributed by atoms with Crippen LogP contribution >= 0.6 is 11.6 Å². The molecule has 96 valence electrons. The highest BCUT2D eigenvalue weighted by Crippen LogP contribution is 2.17. The highest BCUT2D eigenvalue weighted by molar-refractivity contribution is 6.31. The van der Waals surface area contributed by atoms with Gasteiger partial charge in [0, 0.05) is 18.1 Å². The zero-order chi connectivity index (χ0) is 12.7. The van der Waals surface area contributed by atoms with E-state index in [1.807, 2.05) is 18.2 Å². The van der Waals surface area contributed by atoms with E-state index in [-0.39, 0.29) is 0 Å². The fraction of sp³-hybridized carbons (Fsp3) is 0.571. The lowest BCUT2D eigenvalue weighted by molar-refractivity contribution is 0.263.